The number of benzene rings is 1. The van der Waals surface area contributed by atoms with Crippen molar-refractivity contribution in [1.82, 2.24) is 15.2 Å². The van der Waals surface area contributed by atoms with Gasteiger partial charge in [-0.2, -0.15) is 5.10 Å². The molecule has 0 amide bonds. The van der Waals surface area contributed by atoms with E-state index < -0.39 is 0 Å². The summed E-state index contributed by atoms with van der Waals surface area (Å²) in [6, 6.07) is 8.26. The van der Waals surface area contributed by atoms with Gasteiger partial charge in [-0.1, -0.05) is 35.5 Å². The van der Waals surface area contributed by atoms with Crippen LogP contribution in [0.3, 0.4) is 0 Å². The minimum Gasteiger partial charge on any atom is -0.379 e. The molecule has 0 aliphatic rings. The highest BCUT2D eigenvalue weighted by atomic mass is 35.5. The van der Waals surface area contributed by atoms with Gasteiger partial charge >= 0.3 is 0 Å². The quantitative estimate of drug-likeness (QED) is 0.687. The molecule has 7 heteroatoms. The largest absolute Gasteiger partial charge is 0.379 e. The lowest BCUT2D eigenvalue weighted by Gasteiger charge is -2.11. The number of anilines is 1. The summed E-state index contributed by atoms with van der Waals surface area (Å²) in [5.74, 6) is 0. The van der Waals surface area contributed by atoms with Crippen LogP contribution in [0.4, 0.5) is 5.69 Å². The van der Waals surface area contributed by atoms with E-state index >= 15 is 0 Å². The molecule has 2 N–H and O–H groups in total. The van der Waals surface area contributed by atoms with Gasteiger partial charge in [0.15, 0.2) is 4.47 Å². The summed E-state index contributed by atoms with van der Waals surface area (Å²) in [6.07, 6.45) is 1.81. The predicted octanol–water partition coefficient (Wildman–Crippen LogP) is 4.90. The minimum absolute atomic E-state index is 0.573. The van der Waals surface area contributed by atoms with Gasteiger partial charge in [-0.15, -0.1) is 11.3 Å². The molecule has 0 saturated heterocycles. The molecule has 0 unspecified atom stereocenters. The molecule has 0 atom stereocenters. The maximum absolute atomic E-state index is 5.87. The summed E-state index contributed by atoms with van der Waals surface area (Å²) in [6.45, 7) is 4.77. The fourth-order valence-corrected chi connectivity index (χ4v) is 3.98. The summed E-state index contributed by atoms with van der Waals surface area (Å²) in [4.78, 5) is 7.52. The van der Waals surface area contributed by atoms with Crippen LogP contribution < -0.4 is 5.32 Å². The second-order valence-electron chi connectivity index (χ2n) is 4.79. The number of rotatable bonds is 5. The van der Waals surface area contributed by atoms with E-state index in [1.807, 2.05) is 26.0 Å². The molecular formula is C15H15ClN4S2. The number of aromatic amines is 1. The van der Waals surface area contributed by atoms with Crippen molar-refractivity contribution in [2.75, 3.05) is 5.32 Å². The number of hydrogen-bond acceptors (Lipinski definition) is 5. The van der Waals surface area contributed by atoms with Crippen molar-refractivity contribution in [3.8, 4) is 0 Å². The van der Waals surface area contributed by atoms with Crippen LogP contribution >= 0.6 is 34.7 Å². The second kappa shape index (κ2) is 6.73. The zero-order valence-corrected chi connectivity index (χ0v) is 14.6. The molecule has 2 heterocycles. The lowest BCUT2D eigenvalue weighted by Crippen LogP contribution is -1.98. The zero-order valence-electron chi connectivity index (χ0n) is 12.2. The summed E-state index contributed by atoms with van der Waals surface area (Å²) < 4.78 is 0.573. The summed E-state index contributed by atoms with van der Waals surface area (Å²) in [7, 11) is 0. The van der Waals surface area contributed by atoms with Crippen LogP contribution in [-0.4, -0.2) is 15.2 Å². The summed E-state index contributed by atoms with van der Waals surface area (Å²) in [5, 5.41) is 10.7. The smallest absolute Gasteiger partial charge is 0.183 e. The maximum atomic E-state index is 5.87. The van der Waals surface area contributed by atoms with Crippen LogP contribution in [-0.2, 0) is 6.54 Å². The van der Waals surface area contributed by atoms with Gasteiger partial charge in [-0.05, 0) is 26.0 Å². The van der Waals surface area contributed by atoms with Crippen molar-refractivity contribution in [1.29, 1.82) is 0 Å². The van der Waals surface area contributed by atoms with Gasteiger partial charge in [0.05, 0.1) is 17.1 Å². The molecule has 1 aromatic carbocycles. The Morgan fingerprint density at radius 2 is 2.14 bits per heavy atom. The fourth-order valence-electron chi connectivity index (χ4n) is 2.05. The highest BCUT2D eigenvalue weighted by Gasteiger charge is 2.11. The third-order valence-corrected chi connectivity index (χ3v) is 5.63. The lowest BCUT2D eigenvalue weighted by atomic mass is 10.3. The Labute approximate surface area is 142 Å². The molecule has 0 bridgehead atoms. The lowest BCUT2D eigenvalue weighted by molar-refractivity contribution is 1.02. The van der Waals surface area contributed by atoms with Crippen molar-refractivity contribution in [2.45, 2.75) is 30.2 Å². The van der Waals surface area contributed by atoms with Crippen molar-refractivity contribution in [3.05, 3.63) is 51.2 Å². The first-order valence-corrected chi connectivity index (χ1v) is 8.77. The van der Waals surface area contributed by atoms with Crippen LogP contribution in [0.15, 0.2) is 40.3 Å². The predicted molar refractivity (Wildman–Crippen MR) is 93.1 cm³/mol. The van der Waals surface area contributed by atoms with E-state index in [0.29, 0.717) is 11.0 Å². The molecular weight excluding hydrogens is 336 g/mol. The molecule has 114 valence electrons. The Morgan fingerprint density at radius 1 is 1.32 bits per heavy atom. The number of thiazole rings is 1. The van der Waals surface area contributed by atoms with E-state index in [-0.39, 0.29) is 0 Å². The molecule has 3 rings (SSSR count). The number of nitrogens with zero attached hydrogens (tertiary/aromatic N) is 2. The van der Waals surface area contributed by atoms with E-state index in [1.54, 1.807) is 18.0 Å². The molecule has 3 aromatic rings. The van der Waals surface area contributed by atoms with Crippen molar-refractivity contribution in [3.63, 3.8) is 0 Å². The molecule has 2 aromatic heterocycles. The SMILES string of the molecule is Cc1n[nH]c(C)c1Sc1ccccc1NCc1cnc(Cl)s1. The Balaban J connectivity index is 1.78. The highest BCUT2D eigenvalue weighted by molar-refractivity contribution is 7.99. The second-order valence-corrected chi connectivity index (χ2v) is 7.54. The Bertz CT molecular complexity index is 762. The molecule has 0 radical (unpaired) electrons. The Morgan fingerprint density at radius 3 is 2.82 bits per heavy atom. The first-order chi connectivity index (χ1) is 10.6. The minimum atomic E-state index is 0.573. The topological polar surface area (TPSA) is 53.6 Å². The van der Waals surface area contributed by atoms with Crippen molar-refractivity contribution < 1.29 is 0 Å². The number of aromatic nitrogens is 3. The molecule has 0 spiro atoms. The number of hydrogen-bond donors (Lipinski definition) is 2. The molecule has 0 saturated carbocycles. The first kappa shape index (κ1) is 15.4. The third-order valence-electron chi connectivity index (χ3n) is 3.14. The van der Waals surface area contributed by atoms with Gasteiger partial charge in [0.1, 0.15) is 0 Å². The van der Waals surface area contributed by atoms with Crippen molar-refractivity contribution >= 4 is 40.4 Å². The van der Waals surface area contributed by atoms with Gasteiger partial charge in [-0.25, -0.2) is 4.98 Å². The fraction of sp³-hybridized carbons (Fsp3) is 0.200. The number of H-pyrrole nitrogens is 1. The van der Waals surface area contributed by atoms with E-state index in [9.17, 15) is 0 Å². The van der Waals surface area contributed by atoms with E-state index in [4.69, 9.17) is 11.6 Å². The average molecular weight is 351 g/mol. The summed E-state index contributed by atoms with van der Waals surface area (Å²) >= 11 is 9.08. The van der Waals surface area contributed by atoms with Crippen LogP contribution in [0, 0.1) is 13.8 Å². The first-order valence-electron chi connectivity index (χ1n) is 6.76. The molecule has 0 fully saturated rings. The van der Waals surface area contributed by atoms with E-state index in [2.05, 4.69) is 32.6 Å². The summed E-state index contributed by atoms with van der Waals surface area (Å²) in [5.41, 5.74) is 3.20. The monoisotopic (exact) mass is 350 g/mol. The van der Waals surface area contributed by atoms with Crippen LogP contribution in [0.5, 0.6) is 0 Å². The Hall–Kier alpha value is -1.50. The van der Waals surface area contributed by atoms with Crippen LogP contribution in [0.2, 0.25) is 4.47 Å². The average Bonchev–Trinajstić information content (AvgIpc) is 3.06. The standard InChI is InChI=1S/C15H15ClN4S2/c1-9-14(10(2)20-19-9)22-13-6-4-3-5-12(13)17-7-11-8-18-15(16)21-11/h3-6,8,17H,7H2,1-2H3,(H,19,20). The van der Waals surface area contributed by atoms with Gasteiger partial charge in [0.2, 0.25) is 0 Å². The van der Waals surface area contributed by atoms with Gasteiger partial charge in [0, 0.05) is 27.4 Å². The van der Waals surface area contributed by atoms with E-state index in [1.165, 1.54) is 21.1 Å². The van der Waals surface area contributed by atoms with Crippen LogP contribution in [0.25, 0.3) is 0 Å². The molecule has 4 nitrogen and oxygen atoms in total. The van der Waals surface area contributed by atoms with Gasteiger partial charge < -0.3 is 5.32 Å². The number of nitrogens with one attached hydrogen (secondary N) is 2. The molecule has 0 aliphatic heterocycles. The number of aryl methyl sites for hydroxylation is 2. The van der Waals surface area contributed by atoms with Crippen LogP contribution in [0.1, 0.15) is 16.3 Å². The molecule has 0 aliphatic carbocycles. The Kier molecular flexibility index (Phi) is 4.71. The van der Waals surface area contributed by atoms with E-state index in [0.717, 1.165) is 22.0 Å². The third kappa shape index (κ3) is 3.45. The maximum Gasteiger partial charge on any atom is 0.183 e. The molecule has 22 heavy (non-hydrogen) atoms. The van der Waals surface area contributed by atoms with Crippen molar-refractivity contribution in [2.24, 2.45) is 0 Å². The normalized spacial score (nSPS) is 10.9. The highest BCUT2D eigenvalue weighted by Crippen LogP contribution is 2.36. The zero-order chi connectivity index (χ0) is 15.5. The van der Waals surface area contributed by atoms with Gasteiger partial charge in [0.25, 0.3) is 0 Å². The number of halogens is 1. The van der Waals surface area contributed by atoms with Gasteiger partial charge in [-0.3, -0.25) is 5.10 Å². The number of para-hydroxylation sites is 1.